The lowest BCUT2D eigenvalue weighted by atomic mass is 10.3. The maximum Gasteiger partial charge on any atom is 0.265 e. The van der Waals surface area contributed by atoms with Gasteiger partial charge in [-0.15, -0.1) is 0 Å². The topological polar surface area (TPSA) is 75.7 Å². The molecule has 1 atom stereocenters. The molecule has 0 aliphatic rings. The molecule has 6 nitrogen and oxygen atoms in total. The average molecular weight is 480 g/mol. The average Bonchev–Trinajstić information content (AvgIpc) is 2.58. The van der Waals surface area contributed by atoms with Crippen molar-refractivity contribution in [2.24, 2.45) is 0 Å². The molecule has 0 fully saturated rings. The first-order chi connectivity index (χ1) is 12.5. The first-order valence-electron chi connectivity index (χ1n) is 7.67. The van der Waals surface area contributed by atoms with E-state index in [1.54, 1.807) is 6.07 Å². The predicted octanol–water partition coefficient (Wildman–Crippen LogP) is 3.90. The van der Waals surface area contributed by atoms with Crippen LogP contribution in [0.1, 0.15) is 6.92 Å². The Hall–Kier alpha value is -1.68. The van der Waals surface area contributed by atoms with Gasteiger partial charge in [0.15, 0.2) is 17.7 Å². The zero-order chi connectivity index (χ0) is 20.4. The molecular weight excluding hydrogens is 463 g/mol. The number of nitrogens with one attached hydrogen (secondary N) is 1. The number of hydrogen-bond donors (Lipinski definition) is 1. The summed E-state index contributed by atoms with van der Waals surface area (Å²) in [5.74, 6) is -1.27. The van der Waals surface area contributed by atoms with Gasteiger partial charge in [0.2, 0.25) is 10.0 Å². The van der Waals surface area contributed by atoms with Crippen LogP contribution < -0.4 is 10.1 Å². The van der Waals surface area contributed by atoms with Crippen LogP contribution in [0.15, 0.2) is 45.8 Å². The number of anilines is 1. The van der Waals surface area contributed by atoms with Crippen molar-refractivity contribution in [2.45, 2.75) is 17.9 Å². The molecule has 2 rings (SSSR count). The highest BCUT2D eigenvalue weighted by atomic mass is 79.9. The predicted molar refractivity (Wildman–Crippen MR) is 105 cm³/mol. The molecule has 0 saturated carbocycles. The van der Waals surface area contributed by atoms with Crippen molar-refractivity contribution in [3.8, 4) is 5.75 Å². The monoisotopic (exact) mass is 478 g/mol. The third-order valence-electron chi connectivity index (χ3n) is 3.52. The molecule has 146 valence electrons. The molecular formula is C17H17BrClFN2O4S. The number of ether oxygens (including phenoxy) is 1. The minimum absolute atomic E-state index is 0.0305. The van der Waals surface area contributed by atoms with Gasteiger partial charge in [-0.05, 0) is 43.3 Å². The molecule has 0 bridgehead atoms. The second-order valence-electron chi connectivity index (χ2n) is 5.76. The normalized spacial score (nSPS) is 12.7. The Morgan fingerprint density at radius 3 is 2.52 bits per heavy atom. The SMILES string of the molecule is CC(Oc1ccc(Br)cc1F)C(=O)Nc1ccc(Cl)c(S(=O)(=O)N(C)C)c1. The van der Waals surface area contributed by atoms with E-state index in [1.165, 1.54) is 51.4 Å². The number of benzene rings is 2. The van der Waals surface area contributed by atoms with E-state index in [9.17, 15) is 17.6 Å². The number of sulfonamides is 1. The van der Waals surface area contributed by atoms with E-state index in [-0.39, 0.29) is 21.4 Å². The lowest BCUT2D eigenvalue weighted by molar-refractivity contribution is -0.122. The minimum Gasteiger partial charge on any atom is -0.478 e. The van der Waals surface area contributed by atoms with E-state index < -0.39 is 27.9 Å². The highest BCUT2D eigenvalue weighted by molar-refractivity contribution is 9.10. The van der Waals surface area contributed by atoms with Crippen molar-refractivity contribution in [2.75, 3.05) is 19.4 Å². The molecule has 10 heteroatoms. The molecule has 1 amide bonds. The Morgan fingerprint density at radius 1 is 1.26 bits per heavy atom. The fourth-order valence-corrected chi connectivity index (χ4v) is 3.76. The number of hydrogen-bond acceptors (Lipinski definition) is 4. The Kier molecular flexibility index (Phi) is 6.85. The van der Waals surface area contributed by atoms with Gasteiger partial charge in [-0.25, -0.2) is 17.1 Å². The standard InChI is InChI=1S/C17H17BrClFN2O4S/c1-10(26-15-7-4-11(18)8-14(15)20)17(23)21-12-5-6-13(19)16(9-12)27(24,25)22(2)3/h4-10H,1-3H3,(H,21,23). The summed E-state index contributed by atoms with van der Waals surface area (Å²) in [6, 6.07) is 8.28. The summed E-state index contributed by atoms with van der Waals surface area (Å²) in [5.41, 5.74) is 0.219. The first kappa shape index (κ1) is 21.6. The van der Waals surface area contributed by atoms with Crippen LogP contribution in [0.2, 0.25) is 5.02 Å². The highest BCUT2D eigenvalue weighted by Crippen LogP contribution is 2.27. The Balaban J connectivity index is 2.18. The van der Waals surface area contributed by atoms with Gasteiger partial charge < -0.3 is 10.1 Å². The summed E-state index contributed by atoms with van der Waals surface area (Å²) in [5, 5.41) is 2.56. The van der Waals surface area contributed by atoms with Crippen LogP contribution >= 0.6 is 27.5 Å². The molecule has 2 aromatic carbocycles. The number of rotatable bonds is 6. The summed E-state index contributed by atoms with van der Waals surface area (Å²) in [6.07, 6.45) is -1.02. The van der Waals surface area contributed by atoms with Crippen LogP contribution in [-0.4, -0.2) is 38.8 Å². The van der Waals surface area contributed by atoms with Gasteiger partial charge in [-0.3, -0.25) is 4.79 Å². The molecule has 0 aliphatic carbocycles. The summed E-state index contributed by atoms with van der Waals surface area (Å²) < 4.78 is 45.3. The molecule has 0 saturated heterocycles. The van der Waals surface area contributed by atoms with Crippen molar-refractivity contribution < 1.29 is 22.3 Å². The molecule has 0 aliphatic heterocycles. The third-order valence-corrected chi connectivity index (χ3v) is 6.31. The van der Waals surface area contributed by atoms with Crippen LogP contribution in [0.25, 0.3) is 0 Å². The van der Waals surface area contributed by atoms with Gasteiger partial charge in [0.05, 0.1) is 5.02 Å². The van der Waals surface area contributed by atoms with Crippen molar-refractivity contribution in [1.82, 2.24) is 4.31 Å². The van der Waals surface area contributed by atoms with Crippen LogP contribution in [0.4, 0.5) is 10.1 Å². The minimum atomic E-state index is -3.78. The molecule has 1 unspecified atom stereocenters. The van der Waals surface area contributed by atoms with Crippen molar-refractivity contribution in [3.05, 3.63) is 51.7 Å². The van der Waals surface area contributed by atoms with E-state index in [0.717, 1.165) is 4.31 Å². The zero-order valence-corrected chi connectivity index (χ0v) is 17.8. The lowest BCUT2D eigenvalue weighted by Crippen LogP contribution is -2.30. The Labute approximate surface area is 170 Å². The fraction of sp³-hybridized carbons (Fsp3) is 0.235. The number of halogens is 3. The van der Waals surface area contributed by atoms with E-state index in [0.29, 0.717) is 4.47 Å². The molecule has 0 spiro atoms. The second kappa shape index (κ2) is 8.55. The van der Waals surface area contributed by atoms with Crippen LogP contribution in [0.5, 0.6) is 5.75 Å². The van der Waals surface area contributed by atoms with Crippen molar-refractivity contribution in [1.29, 1.82) is 0 Å². The summed E-state index contributed by atoms with van der Waals surface area (Å²) >= 11 is 9.11. The van der Waals surface area contributed by atoms with Gasteiger partial charge in [-0.2, -0.15) is 0 Å². The Morgan fingerprint density at radius 2 is 1.93 bits per heavy atom. The van der Waals surface area contributed by atoms with Crippen LogP contribution in [0.3, 0.4) is 0 Å². The highest BCUT2D eigenvalue weighted by Gasteiger charge is 2.22. The second-order valence-corrected chi connectivity index (χ2v) is 9.20. The summed E-state index contributed by atoms with van der Waals surface area (Å²) in [6.45, 7) is 1.45. The van der Waals surface area contributed by atoms with E-state index in [1.807, 2.05) is 0 Å². The molecule has 2 aromatic rings. The van der Waals surface area contributed by atoms with E-state index >= 15 is 0 Å². The number of carbonyl (C=O) groups is 1. The summed E-state index contributed by atoms with van der Waals surface area (Å²) in [4.78, 5) is 12.2. The third kappa shape index (κ3) is 5.19. The van der Waals surface area contributed by atoms with Crippen molar-refractivity contribution in [3.63, 3.8) is 0 Å². The number of carbonyl (C=O) groups excluding carboxylic acids is 1. The smallest absolute Gasteiger partial charge is 0.265 e. The maximum absolute atomic E-state index is 13.8. The lowest BCUT2D eigenvalue weighted by Gasteiger charge is -2.17. The first-order valence-corrected chi connectivity index (χ1v) is 10.3. The van der Waals surface area contributed by atoms with E-state index in [2.05, 4.69) is 21.2 Å². The van der Waals surface area contributed by atoms with Gasteiger partial charge in [0, 0.05) is 24.3 Å². The maximum atomic E-state index is 13.8. The largest absolute Gasteiger partial charge is 0.478 e. The molecule has 0 radical (unpaired) electrons. The quantitative estimate of drug-likeness (QED) is 0.682. The molecule has 1 N–H and O–H groups in total. The van der Waals surface area contributed by atoms with Crippen molar-refractivity contribution >= 4 is 49.1 Å². The van der Waals surface area contributed by atoms with Gasteiger partial charge in [-0.1, -0.05) is 27.5 Å². The number of amides is 1. The van der Waals surface area contributed by atoms with Gasteiger partial charge >= 0.3 is 0 Å². The van der Waals surface area contributed by atoms with Crippen LogP contribution in [-0.2, 0) is 14.8 Å². The molecule has 0 heterocycles. The van der Waals surface area contributed by atoms with Gasteiger partial charge in [0.1, 0.15) is 4.90 Å². The fourth-order valence-electron chi connectivity index (χ4n) is 2.03. The molecule has 0 aromatic heterocycles. The van der Waals surface area contributed by atoms with Crippen LogP contribution in [0, 0.1) is 5.82 Å². The number of nitrogens with zero attached hydrogens (tertiary/aromatic N) is 1. The van der Waals surface area contributed by atoms with E-state index in [4.69, 9.17) is 16.3 Å². The zero-order valence-electron chi connectivity index (χ0n) is 14.7. The van der Waals surface area contributed by atoms with Gasteiger partial charge in [0.25, 0.3) is 5.91 Å². The molecule has 27 heavy (non-hydrogen) atoms. The Bertz CT molecular complexity index is 969. The summed E-state index contributed by atoms with van der Waals surface area (Å²) in [7, 11) is -1.03.